The summed E-state index contributed by atoms with van der Waals surface area (Å²) in [6, 6.07) is 6.33. The molecule has 0 bridgehead atoms. The molecule has 98 valence electrons. The molecule has 3 aromatic heterocycles. The van der Waals surface area contributed by atoms with Gasteiger partial charge in [-0.25, -0.2) is 9.97 Å². The van der Waals surface area contributed by atoms with Gasteiger partial charge in [-0.2, -0.15) is 0 Å². The van der Waals surface area contributed by atoms with Gasteiger partial charge in [0.1, 0.15) is 16.3 Å². The standard InChI is InChI=1S/C14H16N4S/c1-3-15-10(2)12-8-16-14(19-12)11-9-18-7-5-4-6-13(18)17-11/h4-10,15H,3H2,1-2H3. The summed E-state index contributed by atoms with van der Waals surface area (Å²) in [5.74, 6) is 0. The molecule has 0 spiro atoms. The molecule has 0 aliphatic carbocycles. The second-order valence-electron chi connectivity index (χ2n) is 4.44. The molecule has 3 rings (SSSR count). The summed E-state index contributed by atoms with van der Waals surface area (Å²) in [4.78, 5) is 10.3. The van der Waals surface area contributed by atoms with Crippen LogP contribution in [0.4, 0.5) is 0 Å². The molecule has 3 aromatic rings. The van der Waals surface area contributed by atoms with Gasteiger partial charge in [0.25, 0.3) is 0 Å². The van der Waals surface area contributed by atoms with Gasteiger partial charge < -0.3 is 9.72 Å². The van der Waals surface area contributed by atoms with Gasteiger partial charge in [-0.15, -0.1) is 11.3 Å². The predicted molar refractivity (Wildman–Crippen MR) is 78.4 cm³/mol. The van der Waals surface area contributed by atoms with Crippen LogP contribution in [0.3, 0.4) is 0 Å². The number of pyridine rings is 1. The molecule has 0 saturated carbocycles. The summed E-state index contributed by atoms with van der Waals surface area (Å²) >= 11 is 1.70. The lowest BCUT2D eigenvalue weighted by Gasteiger charge is -2.07. The molecule has 0 fully saturated rings. The van der Waals surface area contributed by atoms with Gasteiger partial charge in [-0.1, -0.05) is 13.0 Å². The van der Waals surface area contributed by atoms with Gasteiger partial charge >= 0.3 is 0 Å². The molecule has 0 aliphatic heterocycles. The van der Waals surface area contributed by atoms with E-state index in [1.165, 1.54) is 4.88 Å². The first-order valence-corrected chi connectivity index (χ1v) is 7.23. The predicted octanol–water partition coefficient (Wildman–Crippen LogP) is 3.13. The van der Waals surface area contributed by atoms with Gasteiger partial charge in [0.05, 0.1) is 0 Å². The number of aromatic nitrogens is 3. The summed E-state index contributed by atoms with van der Waals surface area (Å²) in [5.41, 5.74) is 1.89. The zero-order valence-corrected chi connectivity index (χ0v) is 11.8. The number of nitrogens with zero attached hydrogens (tertiary/aromatic N) is 3. The highest BCUT2D eigenvalue weighted by atomic mass is 32.1. The van der Waals surface area contributed by atoms with Crippen LogP contribution >= 0.6 is 11.3 Å². The largest absolute Gasteiger partial charge is 0.310 e. The number of rotatable bonds is 4. The SMILES string of the molecule is CCNC(C)c1cnc(-c2cn3ccccc3n2)s1. The van der Waals surface area contributed by atoms with Crippen LogP contribution in [0, 0.1) is 0 Å². The molecule has 5 heteroatoms. The van der Waals surface area contributed by atoms with E-state index in [-0.39, 0.29) is 0 Å². The van der Waals surface area contributed by atoms with Crippen molar-refractivity contribution in [3.63, 3.8) is 0 Å². The molecule has 1 unspecified atom stereocenters. The highest BCUT2D eigenvalue weighted by molar-refractivity contribution is 7.15. The minimum atomic E-state index is 0.341. The third-order valence-corrected chi connectivity index (χ3v) is 4.25. The lowest BCUT2D eigenvalue weighted by molar-refractivity contribution is 0.606. The van der Waals surface area contributed by atoms with Crippen LogP contribution < -0.4 is 5.32 Å². The second-order valence-corrected chi connectivity index (χ2v) is 5.50. The highest BCUT2D eigenvalue weighted by Gasteiger charge is 2.12. The van der Waals surface area contributed by atoms with Crippen LogP contribution in [0.1, 0.15) is 24.8 Å². The molecule has 3 heterocycles. The molecule has 4 nitrogen and oxygen atoms in total. The topological polar surface area (TPSA) is 42.2 Å². The molecule has 0 saturated heterocycles. The normalized spacial score (nSPS) is 12.9. The molecular weight excluding hydrogens is 256 g/mol. The molecule has 0 aromatic carbocycles. The van der Waals surface area contributed by atoms with Crippen LogP contribution in [0.2, 0.25) is 0 Å². The van der Waals surface area contributed by atoms with Crippen molar-refractivity contribution in [2.75, 3.05) is 6.54 Å². The van der Waals surface area contributed by atoms with E-state index in [1.807, 2.05) is 41.2 Å². The average molecular weight is 272 g/mol. The monoisotopic (exact) mass is 272 g/mol. The van der Waals surface area contributed by atoms with Crippen molar-refractivity contribution in [2.45, 2.75) is 19.9 Å². The lowest BCUT2D eigenvalue weighted by atomic mass is 10.3. The Morgan fingerprint density at radius 3 is 3.11 bits per heavy atom. The van der Waals surface area contributed by atoms with Gasteiger partial charge in [-0.05, 0) is 25.6 Å². The first-order valence-electron chi connectivity index (χ1n) is 6.41. The summed E-state index contributed by atoms with van der Waals surface area (Å²) in [7, 11) is 0. The van der Waals surface area contributed by atoms with E-state index in [4.69, 9.17) is 0 Å². The van der Waals surface area contributed by atoms with Crippen LogP contribution in [-0.4, -0.2) is 20.9 Å². The van der Waals surface area contributed by atoms with Crippen LogP contribution in [0.5, 0.6) is 0 Å². The average Bonchev–Trinajstić information content (AvgIpc) is 3.05. The number of hydrogen-bond acceptors (Lipinski definition) is 4. The number of nitrogens with one attached hydrogen (secondary N) is 1. The van der Waals surface area contributed by atoms with Gasteiger partial charge in [0.15, 0.2) is 0 Å². The van der Waals surface area contributed by atoms with E-state index in [2.05, 4.69) is 29.1 Å². The smallest absolute Gasteiger partial charge is 0.143 e. The van der Waals surface area contributed by atoms with Crippen molar-refractivity contribution < 1.29 is 0 Å². The molecule has 0 amide bonds. The van der Waals surface area contributed by atoms with E-state index >= 15 is 0 Å². The van der Waals surface area contributed by atoms with Crippen molar-refractivity contribution in [2.24, 2.45) is 0 Å². The summed E-state index contributed by atoms with van der Waals surface area (Å²) in [6.45, 7) is 5.23. The number of hydrogen-bond donors (Lipinski definition) is 1. The quantitative estimate of drug-likeness (QED) is 0.793. The van der Waals surface area contributed by atoms with Crippen LogP contribution in [-0.2, 0) is 0 Å². The van der Waals surface area contributed by atoms with Gasteiger partial charge in [0.2, 0.25) is 0 Å². The highest BCUT2D eigenvalue weighted by Crippen LogP contribution is 2.28. The summed E-state index contributed by atoms with van der Waals surface area (Å²) in [5, 5.41) is 4.37. The fourth-order valence-corrected chi connectivity index (χ4v) is 2.95. The second kappa shape index (κ2) is 5.11. The maximum absolute atomic E-state index is 4.59. The van der Waals surface area contributed by atoms with Crippen molar-refractivity contribution >= 4 is 17.0 Å². The minimum Gasteiger partial charge on any atom is -0.310 e. The van der Waals surface area contributed by atoms with Crippen LogP contribution in [0.25, 0.3) is 16.3 Å². The molecule has 19 heavy (non-hydrogen) atoms. The zero-order chi connectivity index (χ0) is 13.2. The minimum absolute atomic E-state index is 0.341. The Balaban J connectivity index is 1.93. The lowest BCUT2D eigenvalue weighted by Crippen LogP contribution is -2.16. The Bertz CT molecular complexity index is 652. The first kappa shape index (κ1) is 12.3. The van der Waals surface area contributed by atoms with E-state index in [0.717, 1.165) is 22.9 Å². The van der Waals surface area contributed by atoms with Gasteiger partial charge in [-0.3, -0.25) is 0 Å². The van der Waals surface area contributed by atoms with Crippen LogP contribution in [0.15, 0.2) is 36.8 Å². The maximum Gasteiger partial charge on any atom is 0.143 e. The Morgan fingerprint density at radius 2 is 2.32 bits per heavy atom. The molecule has 0 aliphatic rings. The Hall–Kier alpha value is -1.72. The van der Waals surface area contributed by atoms with E-state index in [0.29, 0.717) is 6.04 Å². The third kappa shape index (κ3) is 2.39. The zero-order valence-electron chi connectivity index (χ0n) is 11.0. The van der Waals surface area contributed by atoms with E-state index in [9.17, 15) is 0 Å². The summed E-state index contributed by atoms with van der Waals surface area (Å²) < 4.78 is 2.02. The third-order valence-electron chi connectivity index (χ3n) is 3.04. The maximum atomic E-state index is 4.59. The molecular formula is C14H16N4S. The van der Waals surface area contributed by atoms with Crippen molar-refractivity contribution in [3.05, 3.63) is 41.7 Å². The molecule has 1 N–H and O–H groups in total. The Kier molecular flexibility index (Phi) is 3.31. The fraction of sp³-hybridized carbons (Fsp3) is 0.286. The van der Waals surface area contributed by atoms with Crippen molar-refractivity contribution in [3.8, 4) is 10.7 Å². The fourth-order valence-electron chi connectivity index (χ4n) is 2.05. The number of imidazole rings is 1. The Morgan fingerprint density at radius 1 is 1.42 bits per heavy atom. The molecule has 0 radical (unpaired) electrons. The van der Waals surface area contributed by atoms with E-state index < -0.39 is 0 Å². The van der Waals surface area contributed by atoms with E-state index in [1.54, 1.807) is 11.3 Å². The Labute approximate surface area is 116 Å². The molecule has 1 atom stereocenters. The van der Waals surface area contributed by atoms with Gasteiger partial charge in [0, 0.05) is 29.5 Å². The number of fused-ring (bicyclic) bond motifs is 1. The first-order chi connectivity index (χ1) is 9.28. The van der Waals surface area contributed by atoms with Crippen molar-refractivity contribution in [1.82, 2.24) is 19.7 Å². The van der Waals surface area contributed by atoms with Crippen molar-refractivity contribution in [1.29, 1.82) is 0 Å². The number of thiazole rings is 1. The summed E-state index contributed by atoms with van der Waals surface area (Å²) in [6.07, 6.45) is 5.97.